The maximum Gasteiger partial charge on any atom is 0.201 e. The van der Waals surface area contributed by atoms with E-state index in [-0.39, 0.29) is 24.0 Å². The van der Waals surface area contributed by atoms with Crippen LogP contribution in [0.15, 0.2) is 49.1 Å². The van der Waals surface area contributed by atoms with E-state index in [4.69, 9.17) is 14.2 Å². The largest absolute Gasteiger partial charge is 0.490 e. The van der Waals surface area contributed by atoms with Crippen molar-refractivity contribution < 1.29 is 23.0 Å². The third kappa shape index (κ3) is 5.57. The summed E-state index contributed by atoms with van der Waals surface area (Å²) in [7, 11) is 0. The van der Waals surface area contributed by atoms with Crippen LogP contribution in [0.2, 0.25) is 0 Å². The lowest BCUT2D eigenvalue weighted by molar-refractivity contribution is -0.00516. The number of ether oxygens (including phenoxy) is 3. The van der Waals surface area contributed by atoms with Crippen LogP contribution in [0.1, 0.15) is 49.8 Å². The van der Waals surface area contributed by atoms with Gasteiger partial charge in [-0.3, -0.25) is 0 Å². The SMILES string of the molecule is C=CC1CCC(c2ccc(OCc3ccc(OCCCC)c(F)c3F)cc2)OC1. The van der Waals surface area contributed by atoms with E-state index in [1.165, 1.54) is 12.1 Å². The third-order valence-corrected chi connectivity index (χ3v) is 5.17. The number of hydrogen-bond acceptors (Lipinski definition) is 3. The highest BCUT2D eigenvalue weighted by Crippen LogP contribution is 2.32. The summed E-state index contributed by atoms with van der Waals surface area (Å²) in [5.41, 5.74) is 1.24. The van der Waals surface area contributed by atoms with Crippen molar-refractivity contribution in [1.82, 2.24) is 0 Å². The summed E-state index contributed by atoms with van der Waals surface area (Å²) in [6.07, 6.45) is 5.76. The van der Waals surface area contributed by atoms with Gasteiger partial charge in [0, 0.05) is 11.5 Å². The van der Waals surface area contributed by atoms with Gasteiger partial charge in [-0.05, 0) is 49.1 Å². The molecule has 1 aliphatic rings. The molecule has 1 saturated heterocycles. The van der Waals surface area contributed by atoms with Gasteiger partial charge in [-0.15, -0.1) is 6.58 Å². The van der Waals surface area contributed by atoms with Crippen LogP contribution in [0.3, 0.4) is 0 Å². The first-order valence-electron chi connectivity index (χ1n) is 10.2. The van der Waals surface area contributed by atoms with Gasteiger partial charge in [-0.25, -0.2) is 4.39 Å². The standard InChI is InChI=1S/C24H28F2O3/c1-3-5-14-27-22-13-9-19(23(25)24(22)26)16-28-20-10-7-18(8-11-20)21-12-6-17(4-2)15-29-21/h4,7-11,13,17,21H,2-3,5-6,12,14-16H2,1H3. The first-order valence-corrected chi connectivity index (χ1v) is 10.2. The summed E-state index contributed by atoms with van der Waals surface area (Å²) in [6, 6.07) is 10.5. The Labute approximate surface area is 171 Å². The van der Waals surface area contributed by atoms with Gasteiger partial charge in [0.15, 0.2) is 11.6 Å². The molecular formula is C24H28F2O3. The molecule has 0 radical (unpaired) electrons. The molecule has 1 aliphatic heterocycles. The van der Waals surface area contributed by atoms with Crippen LogP contribution in [-0.4, -0.2) is 13.2 Å². The zero-order valence-electron chi connectivity index (χ0n) is 16.8. The Kier molecular flexibility index (Phi) is 7.64. The topological polar surface area (TPSA) is 27.7 Å². The molecule has 0 saturated carbocycles. The molecule has 0 spiro atoms. The van der Waals surface area contributed by atoms with Crippen LogP contribution in [0.5, 0.6) is 11.5 Å². The minimum atomic E-state index is -0.968. The predicted octanol–water partition coefficient (Wildman–Crippen LogP) is 6.38. The quantitative estimate of drug-likeness (QED) is 0.360. The van der Waals surface area contributed by atoms with Crippen molar-refractivity contribution in [3.63, 3.8) is 0 Å². The summed E-state index contributed by atoms with van der Waals surface area (Å²) >= 11 is 0. The molecule has 3 nitrogen and oxygen atoms in total. The molecule has 2 atom stereocenters. The molecule has 0 bridgehead atoms. The lowest BCUT2D eigenvalue weighted by atomic mass is 9.95. The van der Waals surface area contributed by atoms with Crippen LogP contribution in [0.25, 0.3) is 0 Å². The summed E-state index contributed by atoms with van der Waals surface area (Å²) in [5.74, 6) is -0.938. The monoisotopic (exact) mass is 402 g/mol. The molecule has 1 heterocycles. The molecule has 2 unspecified atom stereocenters. The lowest BCUT2D eigenvalue weighted by Gasteiger charge is -2.27. The molecular weight excluding hydrogens is 374 g/mol. The lowest BCUT2D eigenvalue weighted by Crippen LogP contribution is -2.19. The Morgan fingerprint density at radius 2 is 1.86 bits per heavy atom. The zero-order valence-corrected chi connectivity index (χ0v) is 16.8. The van der Waals surface area contributed by atoms with Crippen molar-refractivity contribution in [2.45, 2.75) is 45.3 Å². The second-order valence-corrected chi connectivity index (χ2v) is 7.31. The number of halogens is 2. The first-order chi connectivity index (χ1) is 14.1. The van der Waals surface area contributed by atoms with Gasteiger partial charge in [-0.2, -0.15) is 4.39 Å². The predicted molar refractivity (Wildman–Crippen MR) is 109 cm³/mol. The second kappa shape index (κ2) is 10.4. The normalized spacial score (nSPS) is 19.0. The number of unbranched alkanes of at least 4 members (excludes halogenated alkanes) is 1. The smallest absolute Gasteiger partial charge is 0.201 e. The third-order valence-electron chi connectivity index (χ3n) is 5.17. The minimum Gasteiger partial charge on any atom is -0.490 e. The number of hydrogen-bond donors (Lipinski definition) is 0. The van der Waals surface area contributed by atoms with E-state index in [1.807, 2.05) is 37.3 Å². The molecule has 0 N–H and O–H groups in total. The van der Waals surface area contributed by atoms with Gasteiger partial charge >= 0.3 is 0 Å². The Morgan fingerprint density at radius 3 is 2.52 bits per heavy atom. The summed E-state index contributed by atoms with van der Waals surface area (Å²) < 4.78 is 45.3. The average Bonchev–Trinajstić information content (AvgIpc) is 2.77. The fraction of sp³-hybridized carbons (Fsp3) is 0.417. The molecule has 0 aliphatic carbocycles. The molecule has 2 aromatic rings. The van der Waals surface area contributed by atoms with Crippen LogP contribution < -0.4 is 9.47 Å². The van der Waals surface area contributed by atoms with Gasteiger partial charge in [0.25, 0.3) is 0 Å². The fourth-order valence-electron chi connectivity index (χ4n) is 3.28. The van der Waals surface area contributed by atoms with Crippen molar-refractivity contribution in [2.75, 3.05) is 13.2 Å². The highest BCUT2D eigenvalue weighted by atomic mass is 19.2. The maximum atomic E-state index is 14.3. The van der Waals surface area contributed by atoms with E-state index in [1.54, 1.807) is 0 Å². The zero-order chi connectivity index (χ0) is 20.6. The number of benzene rings is 2. The summed E-state index contributed by atoms with van der Waals surface area (Å²) in [6.45, 7) is 6.83. The van der Waals surface area contributed by atoms with E-state index < -0.39 is 11.6 Å². The summed E-state index contributed by atoms with van der Waals surface area (Å²) in [5, 5.41) is 0. The van der Waals surface area contributed by atoms with E-state index in [9.17, 15) is 8.78 Å². The molecule has 0 aromatic heterocycles. The van der Waals surface area contributed by atoms with Crippen molar-refractivity contribution in [3.8, 4) is 11.5 Å². The molecule has 5 heteroatoms. The Hall–Kier alpha value is -2.40. The average molecular weight is 402 g/mol. The highest BCUT2D eigenvalue weighted by molar-refractivity contribution is 5.32. The number of rotatable bonds is 9. The Morgan fingerprint density at radius 1 is 1.07 bits per heavy atom. The van der Waals surface area contributed by atoms with Gasteiger partial charge in [0.2, 0.25) is 5.82 Å². The van der Waals surface area contributed by atoms with Crippen molar-refractivity contribution in [1.29, 1.82) is 0 Å². The van der Waals surface area contributed by atoms with Crippen LogP contribution in [0.4, 0.5) is 8.78 Å². The maximum absolute atomic E-state index is 14.3. The van der Waals surface area contributed by atoms with Gasteiger partial charge < -0.3 is 14.2 Å². The van der Waals surface area contributed by atoms with Crippen molar-refractivity contribution in [2.24, 2.45) is 5.92 Å². The van der Waals surface area contributed by atoms with Crippen LogP contribution >= 0.6 is 0 Å². The molecule has 3 rings (SSSR count). The van der Waals surface area contributed by atoms with Gasteiger partial charge in [0.1, 0.15) is 12.4 Å². The Balaban J connectivity index is 1.56. The molecule has 156 valence electrons. The van der Waals surface area contributed by atoms with Gasteiger partial charge in [-0.1, -0.05) is 31.6 Å². The van der Waals surface area contributed by atoms with E-state index in [0.717, 1.165) is 31.2 Å². The van der Waals surface area contributed by atoms with Crippen molar-refractivity contribution >= 4 is 0 Å². The first kappa shape index (κ1) is 21.3. The molecule has 1 fully saturated rings. The minimum absolute atomic E-state index is 0.0573. The Bertz CT molecular complexity index is 797. The highest BCUT2D eigenvalue weighted by Gasteiger charge is 2.21. The van der Waals surface area contributed by atoms with Crippen LogP contribution in [0, 0.1) is 17.6 Å². The molecule has 0 amide bonds. The molecule has 2 aromatic carbocycles. The molecule has 29 heavy (non-hydrogen) atoms. The van der Waals surface area contributed by atoms with Crippen molar-refractivity contribution in [3.05, 3.63) is 71.8 Å². The summed E-state index contributed by atoms with van der Waals surface area (Å²) in [4.78, 5) is 0. The van der Waals surface area contributed by atoms with Gasteiger partial charge in [0.05, 0.1) is 19.3 Å². The van der Waals surface area contributed by atoms with Crippen LogP contribution in [-0.2, 0) is 11.3 Å². The van der Waals surface area contributed by atoms with E-state index in [0.29, 0.717) is 24.9 Å². The second-order valence-electron chi connectivity index (χ2n) is 7.31. The fourth-order valence-corrected chi connectivity index (χ4v) is 3.28. The van der Waals surface area contributed by atoms with E-state index >= 15 is 0 Å². The van der Waals surface area contributed by atoms with E-state index in [2.05, 4.69) is 6.58 Å².